The summed E-state index contributed by atoms with van der Waals surface area (Å²) in [6.07, 6.45) is 4.95. The lowest BCUT2D eigenvalue weighted by Gasteiger charge is -2.47. The molecule has 1 saturated carbocycles. The Bertz CT molecular complexity index is 660. The second-order valence-corrected chi connectivity index (χ2v) is 10.3. The van der Waals surface area contributed by atoms with Gasteiger partial charge in [-0.15, -0.1) is 0 Å². The van der Waals surface area contributed by atoms with Gasteiger partial charge in [0.25, 0.3) is 0 Å². The molecule has 5 nitrogen and oxygen atoms in total. The summed E-state index contributed by atoms with van der Waals surface area (Å²) >= 11 is 0. The van der Waals surface area contributed by atoms with Crippen LogP contribution in [-0.4, -0.2) is 47.7 Å². The first-order valence-electron chi connectivity index (χ1n) is 11.6. The number of hydrogen-bond acceptors (Lipinski definition) is 5. The van der Waals surface area contributed by atoms with Crippen LogP contribution in [0.1, 0.15) is 66.7 Å². The maximum atomic E-state index is 12.5. The predicted octanol–water partition coefficient (Wildman–Crippen LogP) is 3.88. The second kappa shape index (κ2) is 7.97. The van der Waals surface area contributed by atoms with Crippen molar-refractivity contribution < 1.29 is 24.1 Å². The Kier molecular flexibility index (Phi) is 5.86. The number of rotatable bonds is 3. The molecule has 0 amide bonds. The van der Waals surface area contributed by atoms with E-state index in [1.807, 2.05) is 13.8 Å². The van der Waals surface area contributed by atoms with E-state index in [0.29, 0.717) is 37.2 Å². The van der Waals surface area contributed by atoms with Crippen molar-refractivity contribution in [1.82, 2.24) is 0 Å². The molecule has 5 heteroatoms. The molecule has 0 spiro atoms. The topological polar surface area (TPSA) is 65.0 Å². The van der Waals surface area contributed by atoms with Crippen molar-refractivity contribution in [2.75, 3.05) is 6.61 Å². The van der Waals surface area contributed by atoms with Gasteiger partial charge in [0.15, 0.2) is 0 Å². The molecule has 2 bridgehead atoms. The Morgan fingerprint density at radius 3 is 2.79 bits per heavy atom. The van der Waals surface area contributed by atoms with Gasteiger partial charge in [0.1, 0.15) is 11.7 Å². The van der Waals surface area contributed by atoms with E-state index in [-0.39, 0.29) is 36.1 Å². The molecule has 4 aliphatic rings. The number of ether oxygens (including phenoxy) is 3. The smallest absolute Gasteiger partial charge is 0.306 e. The summed E-state index contributed by atoms with van der Waals surface area (Å²) in [7, 11) is 0. The first-order valence-corrected chi connectivity index (χ1v) is 11.6. The highest BCUT2D eigenvalue weighted by molar-refractivity contribution is 5.69. The van der Waals surface area contributed by atoms with Crippen LogP contribution in [0.25, 0.3) is 0 Å². The zero-order valence-corrected chi connectivity index (χ0v) is 18.6. The molecule has 3 heterocycles. The summed E-state index contributed by atoms with van der Waals surface area (Å²) in [4.78, 5) is 12.5. The summed E-state index contributed by atoms with van der Waals surface area (Å²) in [5, 5.41) is 11.1. The molecule has 0 aromatic carbocycles. The van der Waals surface area contributed by atoms with Crippen molar-refractivity contribution in [2.24, 2.45) is 29.6 Å². The van der Waals surface area contributed by atoms with Gasteiger partial charge in [-0.1, -0.05) is 32.4 Å². The lowest BCUT2D eigenvalue weighted by atomic mass is 9.59. The highest BCUT2D eigenvalue weighted by Gasteiger charge is 2.64. The van der Waals surface area contributed by atoms with Crippen LogP contribution in [0.15, 0.2) is 11.6 Å². The fourth-order valence-electron chi connectivity index (χ4n) is 6.53. The Morgan fingerprint density at radius 1 is 1.31 bits per heavy atom. The summed E-state index contributed by atoms with van der Waals surface area (Å²) in [5.41, 5.74) is 0.499. The van der Waals surface area contributed by atoms with Crippen molar-refractivity contribution in [3.05, 3.63) is 11.6 Å². The average molecular weight is 407 g/mol. The largest absolute Gasteiger partial charge is 0.462 e. The fourth-order valence-corrected chi connectivity index (χ4v) is 6.53. The zero-order chi connectivity index (χ0) is 20.9. The maximum Gasteiger partial charge on any atom is 0.306 e. The molecule has 2 saturated heterocycles. The van der Waals surface area contributed by atoms with Crippen LogP contribution in [0.3, 0.4) is 0 Å². The summed E-state index contributed by atoms with van der Waals surface area (Å²) < 4.78 is 19.3. The highest BCUT2D eigenvalue weighted by Crippen LogP contribution is 2.57. The average Bonchev–Trinajstić information content (AvgIpc) is 3.02. The number of fused-ring (bicyclic) bond motifs is 2. The number of aliphatic hydroxyl groups is 1. The molecule has 10 atom stereocenters. The molecule has 29 heavy (non-hydrogen) atoms. The van der Waals surface area contributed by atoms with Crippen LogP contribution in [0, 0.1) is 29.6 Å². The molecular formula is C24H38O5. The van der Waals surface area contributed by atoms with E-state index >= 15 is 0 Å². The Balaban J connectivity index is 1.77. The van der Waals surface area contributed by atoms with E-state index in [9.17, 15) is 9.90 Å². The van der Waals surface area contributed by atoms with Crippen LogP contribution in [0.4, 0.5) is 0 Å². The van der Waals surface area contributed by atoms with E-state index in [0.717, 1.165) is 19.3 Å². The van der Waals surface area contributed by atoms with Crippen molar-refractivity contribution in [1.29, 1.82) is 0 Å². The SMILES string of the molecule is CCCC(=O)OC1C(C)CC2C(C)COC3(C)C(O)C/C=C(/C)CC4OC3C2C41. The molecule has 3 aliphatic heterocycles. The van der Waals surface area contributed by atoms with E-state index < -0.39 is 11.7 Å². The van der Waals surface area contributed by atoms with Crippen molar-refractivity contribution in [3.8, 4) is 0 Å². The number of carbonyl (C=O) groups excluding carboxylic acids is 1. The Labute approximate surface area is 175 Å². The third-order valence-electron chi connectivity index (χ3n) is 8.17. The van der Waals surface area contributed by atoms with E-state index in [1.165, 1.54) is 5.57 Å². The van der Waals surface area contributed by atoms with Crippen LogP contribution >= 0.6 is 0 Å². The number of hydrogen-bond donors (Lipinski definition) is 1. The van der Waals surface area contributed by atoms with Crippen molar-refractivity contribution in [3.63, 3.8) is 0 Å². The Morgan fingerprint density at radius 2 is 2.07 bits per heavy atom. The molecule has 1 N–H and O–H groups in total. The van der Waals surface area contributed by atoms with Crippen LogP contribution in [0.5, 0.6) is 0 Å². The number of carbonyl (C=O) groups is 1. The van der Waals surface area contributed by atoms with Gasteiger partial charge in [0, 0.05) is 18.3 Å². The number of aliphatic hydroxyl groups excluding tert-OH is 1. The molecule has 0 radical (unpaired) electrons. The van der Waals surface area contributed by atoms with Gasteiger partial charge < -0.3 is 19.3 Å². The molecule has 164 valence electrons. The molecule has 3 fully saturated rings. The zero-order valence-electron chi connectivity index (χ0n) is 18.6. The van der Waals surface area contributed by atoms with Gasteiger partial charge in [0.2, 0.25) is 0 Å². The first kappa shape index (κ1) is 21.3. The van der Waals surface area contributed by atoms with E-state index in [4.69, 9.17) is 14.2 Å². The normalized spacial score (nSPS) is 51.1. The van der Waals surface area contributed by atoms with Crippen LogP contribution < -0.4 is 0 Å². The lowest BCUT2D eigenvalue weighted by molar-refractivity contribution is -0.183. The molecular weight excluding hydrogens is 368 g/mol. The van der Waals surface area contributed by atoms with Gasteiger partial charge in [0.05, 0.1) is 24.9 Å². The monoisotopic (exact) mass is 406 g/mol. The summed E-state index contributed by atoms with van der Waals surface area (Å²) in [6, 6.07) is 0. The third kappa shape index (κ3) is 3.57. The van der Waals surface area contributed by atoms with E-state index in [1.54, 1.807) is 0 Å². The molecule has 1 aliphatic carbocycles. The summed E-state index contributed by atoms with van der Waals surface area (Å²) in [6.45, 7) is 11.3. The standard InChI is InChI=1S/C24H38O5/c1-6-7-19(26)29-22-14(3)11-16-15(4)12-27-24(5)18(25)9-8-13(2)10-17-21(22)20(16)23(24)28-17/h8,14-18,20-23,25H,6-7,9-12H2,1-5H3/b13-8-. The minimum absolute atomic E-state index is 0.00412. The molecule has 10 unspecified atom stereocenters. The van der Waals surface area contributed by atoms with Gasteiger partial charge in [-0.3, -0.25) is 4.79 Å². The minimum Gasteiger partial charge on any atom is -0.462 e. The van der Waals surface area contributed by atoms with Crippen LogP contribution in [-0.2, 0) is 19.0 Å². The molecule has 0 aromatic heterocycles. The third-order valence-corrected chi connectivity index (χ3v) is 8.17. The van der Waals surface area contributed by atoms with Gasteiger partial charge >= 0.3 is 5.97 Å². The second-order valence-electron chi connectivity index (χ2n) is 10.3. The fraction of sp³-hybridized carbons (Fsp3) is 0.875. The van der Waals surface area contributed by atoms with Crippen LogP contribution in [0.2, 0.25) is 0 Å². The molecule has 0 aromatic rings. The van der Waals surface area contributed by atoms with E-state index in [2.05, 4.69) is 26.8 Å². The number of esters is 1. The maximum absolute atomic E-state index is 12.5. The minimum atomic E-state index is -0.736. The molecule has 4 rings (SSSR count). The van der Waals surface area contributed by atoms with Crippen molar-refractivity contribution in [2.45, 2.75) is 96.7 Å². The van der Waals surface area contributed by atoms with Crippen molar-refractivity contribution >= 4 is 5.97 Å². The quantitative estimate of drug-likeness (QED) is 0.569. The van der Waals surface area contributed by atoms with Gasteiger partial charge in [-0.2, -0.15) is 0 Å². The Hall–Kier alpha value is -0.910. The first-order chi connectivity index (χ1) is 13.8. The highest BCUT2D eigenvalue weighted by atomic mass is 16.6. The lowest BCUT2D eigenvalue weighted by Crippen LogP contribution is -2.56. The van der Waals surface area contributed by atoms with Gasteiger partial charge in [-0.05, 0) is 57.3 Å². The predicted molar refractivity (Wildman–Crippen MR) is 110 cm³/mol. The van der Waals surface area contributed by atoms with Gasteiger partial charge in [-0.25, -0.2) is 0 Å². The summed E-state index contributed by atoms with van der Waals surface area (Å²) in [5.74, 6) is 1.47.